The molecular formula is C46H31N3. The molecule has 0 aliphatic carbocycles. The van der Waals surface area contributed by atoms with Crippen molar-refractivity contribution in [2.24, 2.45) is 0 Å². The Morgan fingerprint density at radius 1 is 0.327 bits per heavy atom. The standard InChI is InChI=1S/C46H31N3/c1-4-12-32(13-5-1)34-20-25-39(26-21-34)49(40-27-22-33-14-10-11-19-38(33)30-40)41-28-23-35-24-29-43-46(42(35)31-41)48-45(37-17-8-3-9-18-37)44(47-43)36-15-6-2-7-16-36/h1-31H. The van der Waals surface area contributed by atoms with E-state index in [4.69, 9.17) is 9.97 Å². The van der Waals surface area contributed by atoms with Crippen molar-refractivity contribution in [1.82, 2.24) is 9.97 Å². The number of benzene rings is 8. The van der Waals surface area contributed by atoms with Gasteiger partial charge < -0.3 is 4.90 Å². The van der Waals surface area contributed by atoms with Gasteiger partial charge in [-0.15, -0.1) is 0 Å². The zero-order valence-electron chi connectivity index (χ0n) is 26.7. The van der Waals surface area contributed by atoms with E-state index in [0.29, 0.717) is 0 Å². The van der Waals surface area contributed by atoms with Gasteiger partial charge in [-0.1, -0.05) is 146 Å². The molecule has 0 spiro atoms. The van der Waals surface area contributed by atoms with Crippen LogP contribution >= 0.6 is 0 Å². The lowest BCUT2D eigenvalue weighted by molar-refractivity contribution is 1.29. The van der Waals surface area contributed by atoms with Crippen LogP contribution in [0.3, 0.4) is 0 Å². The summed E-state index contributed by atoms with van der Waals surface area (Å²) in [6.07, 6.45) is 0. The first kappa shape index (κ1) is 28.6. The molecule has 230 valence electrons. The van der Waals surface area contributed by atoms with Gasteiger partial charge in [0.15, 0.2) is 0 Å². The molecule has 49 heavy (non-hydrogen) atoms. The molecule has 1 aromatic heterocycles. The van der Waals surface area contributed by atoms with Crippen molar-refractivity contribution in [2.75, 3.05) is 4.90 Å². The molecule has 0 amide bonds. The third-order valence-corrected chi connectivity index (χ3v) is 9.21. The van der Waals surface area contributed by atoms with E-state index < -0.39 is 0 Å². The van der Waals surface area contributed by atoms with Crippen molar-refractivity contribution >= 4 is 49.6 Å². The van der Waals surface area contributed by atoms with Gasteiger partial charge in [-0.2, -0.15) is 0 Å². The first-order valence-corrected chi connectivity index (χ1v) is 16.6. The summed E-state index contributed by atoms with van der Waals surface area (Å²) in [6.45, 7) is 0. The number of anilines is 3. The largest absolute Gasteiger partial charge is 0.310 e. The van der Waals surface area contributed by atoms with Crippen LogP contribution < -0.4 is 4.90 Å². The summed E-state index contributed by atoms with van der Waals surface area (Å²) in [5, 5.41) is 4.60. The zero-order valence-corrected chi connectivity index (χ0v) is 26.7. The molecule has 0 saturated heterocycles. The van der Waals surface area contributed by atoms with Crippen LogP contribution in [0.25, 0.3) is 66.2 Å². The molecule has 9 rings (SSSR count). The minimum Gasteiger partial charge on any atom is -0.310 e. The summed E-state index contributed by atoms with van der Waals surface area (Å²) in [7, 11) is 0. The van der Waals surface area contributed by atoms with Gasteiger partial charge in [-0.05, 0) is 69.8 Å². The fraction of sp³-hybridized carbons (Fsp3) is 0. The van der Waals surface area contributed by atoms with E-state index in [1.54, 1.807) is 0 Å². The third kappa shape index (κ3) is 5.38. The molecular weight excluding hydrogens is 595 g/mol. The van der Waals surface area contributed by atoms with E-state index in [2.05, 4.69) is 181 Å². The molecule has 0 fully saturated rings. The van der Waals surface area contributed by atoms with Crippen LogP contribution in [0.2, 0.25) is 0 Å². The van der Waals surface area contributed by atoms with E-state index in [1.807, 2.05) is 12.1 Å². The molecule has 0 aliphatic rings. The van der Waals surface area contributed by atoms with Gasteiger partial charge in [0.2, 0.25) is 0 Å². The van der Waals surface area contributed by atoms with Crippen molar-refractivity contribution < 1.29 is 0 Å². The van der Waals surface area contributed by atoms with Crippen LogP contribution in [0.1, 0.15) is 0 Å². The van der Waals surface area contributed by atoms with Crippen molar-refractivity contribution in [1.29, 1.82) is 0 Å². The Morgan fingerprint density at radius 3 is 1.49 bits per heavy atom. The summed E-state index contributed by atoms with van der Waals surface area (Å²) >= 11 is 0. The van der Waals surface area contributed by atoms with E-state index in [-0.39, 0.29) is 0 Å². The Bertz CT molecular complexity index is 2580. The Kier molecular flexibility index (Phi) is 7.14. The maximum Gasteiger partial charge on any atom is 0.0973 e. The number of hydrogen-bond acceptors (Lipinski definition) is 3. The number of fused-ring (bicyclic) bond motifs is 4. The molecule has 0 N–H and O–H groups in total. The monoisotopic (exact) mass is 625 g/mol. The fourth-order valence-corrected chi connectivity index (χ4v) is 6.76. The highest BCUT2D eigenvalue weighted by atomic mass is 15.1. The quantitative estimate of drug-likeness (QED) is 0.172. The number of hydrogen-bond donors (Lipinski definition) is 0. The normalized spacial score (nSPS) is 11.3. The maximum absolute atomic E-state index is 5.40. The molecule has 1 heterocycles. The lowest BCUT2D eigenvalue weighted by Gasteiger charge is -2.26. The smallest absolute Gasteiger partial charge is 0.0973 e. The van der Waals surface area contributed by atoms with Gasteiger partial charge >= 0.3 is 0 Å². The number of aromatic nitrogens is 2. The summed E-state index contributed by atoms with van der Waals surface area (Å²) in [6, 6.07) is 66.2. The van der Waals surface area contributed by atoms with Gasteiger partial charge in [0.25, 0.3) is 0 Å². The zero-order chi connectivity index (χ0) is 32.6. The lowest BCUT2D eigenvalue weighted by atomic mass is 10.0. The van der Waals surface area contributed by atoms with Gasteiger partial charge in [-0.25, -0.2) is 9.97 Å². The highest BCUT2D eigenvalue weighted by molar-refractivity contribution is 6.07. The molecule has 3 heteroatoms. The second-order valence-electron chi connectivity index (χ2n) is 12.3. The van der Waals surface area contributed by atoms with Crippen LogP contribution in [0.15, 0.2) is 188 Å². The van der Waals surface area contributed by atoms with Gasteiger partial charge in [0.1, 0.15) is 0 Å². The first-order valence-electron chi connectivity index (χ1n) is 16.6. The topological polar surface area (TPSA) is 29.0 Å². The SMILES string of the molecule is c1ccc(-c2ccc(N(c3ccc4ccccc4c3)c3ccc4ccc5nc(-c6ccccc6)c(-c6ccccc6)nc5c4c3)cc2)cc1. The summed E-state index contributed by atoms with van der Waals surface area (Å²) in [5.74, 6) is 0. The van der Waals surface area contributed by atoms with Crippen molar-refractivity contribution in [3.8, 4) is 33.6 Å². The third-order valence-electron chi connectivity index (χ3n) is 9.21. The lowest BCUT2D eigenvalue weighted by Crippen LogP contribution is -2.10. The van der Waals surface area contributed by atoms with Gasteiger partial charge in [0.05, 0.1) is 22.4 Å². The van der Waals surface area contributed by atoms with Crippen molar-refractivity contribution in [3.63, 3.8) is 0 Å². The summed E-state index contributed by atoms with van der Waals surface area (Å²) in [5.41, 5.74) is 11.2. The Morgan fingerprint density at radius 2 is 0.816 bits per heavy atom. The second-order valence-corrected chi connectivity index (χ2v) is 12.3. The molecule has 0 radical (unpaired) electrons. The average molecular weight is 626 g/mol. The predicted octanol–water partition coefficient (Wildman–Crippen LogP) is 12.4. The molecule has 0 unspecified atom stereocenters. The minimum absolute atomic E-state index is 0.868. The predicted molar refractivity (Wildman–Crippen MR) is 206 cm³/mol. The Hall–Kier alpha value is -6.58. The molecule has 0 aliphatic heterocycles. The van der Waals surface area contributed by atoms with Crippen molar-refractivity contribution in [3.05, 3.63) is 188 Å². The fourth-order valence-electron chi connectivity index (χ4n) is 6.76. The van der Waals surface area contributed by atoms with E-state index in [1.165, 1.54) is 21.9 Å². The van der Waals surface area contributed by atoms with Crippen LogP contribution in [-0.2, 0) is 0 Å². The summed E-state index contributed by atoms with van der Waals surface area (Å²) < 4.78 is 0. The number of rotatable bonds is 6. The molecule has 9 aromatic rings. The Balaban J connectivity index is 1.25. The molecule has 0 bridgehead atoms. The Labute approximate surface area is 285 Å². The molecule has 3 nitrogen and oxygen atoms in total. The van der Waals surface area contributed by atoms with Crippen LogP contribution in [-0.4, -0.2) is 9.97 Å². The van der Waals surface area contributed by atoms with E-state index in [9.17, 15) is 0 Å². The van der Waals surface area contributed by atoms with E-state index >= 15 is 0 Å². The van der Waals surface area contributed by atoms with Gasteiger partial charge in [0, 0.05) is 33.6 Å². The number of nitrogens with zero attached hydrogens (tertiary/aromatic N) is 3. The summed E-state index contributed by atoms with van der Waals surface area (Å²) in [4.78, 5) is 13.0. The van der Waals surface area contributed by atoms with Crippen LogP contribution in [0.4, 0.5) is 17.1 Å². The van der Waals surface area contributed by atoms with Crippen LogP contribution in [0, 0.1) is 0 Å². The average Bonchev–Trinajstić information content (AvgIpc) is 3.18. The molecule has 8 aromatic carbocycles. The first-order chi connectivity index (χ1) is 24.3. The molecule has 0 saturated carbocycles. The van der Waals surface area contributed by atoms with Gasteiger partial charge in [-0.3, -0.25) is 0 Å². The van der Waals surface area contributed by atoms with E-state index in [0.717, 1.165) is 61.4 Å². The maximum atomic E-state index is 5.40. The minimum atomic E-state index is 0.868. The highest BCUT2D eigenvalue weighted by Crippen LogP contribution is 2.40. The van der Waals surface area contributed by atoms with Crippen LogP contribution in [0.5, 0.6) is 0 Å². The second kappa shape index (κ2) is 12.2. The van der Waals surface area contributed by atoms with Crippen molar-refractivity contribution in [2.45, 2.75) is 0 Å². The highest BCUT2D eigenvalue weighted by Gasteiger charge is 2.18. The molecule has 0 atom stereocenters.